The molecule has 2 aromatic rings. The molecule has 20 heavy (non-hydrogen) atoms. The fourth-order valence-electron chi connectivity index (χ4n) is 2.13. The van der Waals surface area contributed by atoms with E-state index in [-0.39, 0.29) is 4.90 Å². The summed E-state index contributed by atoms with van der Waals surface area (Å²) in [6, 6.07) is 13.2. The monoisotopic (exact) mass is 290 g/mol. The summed E-state index contributed by atoms with van der Waals surface area (Å²) >= 11 is 0. The van der Waals surface area contributed by atoms with Crippen LogP contribution in [0, 0.1) is 13.8 Å². The first-order valence-corrected chi connectivity index (χ1v) is 7.84. The van der Waals surface area contributed by atoms with Gasteiger partial charge in [0.15, 0.2) is 0 Å². The standard InChI is InChI=1S/C15H18N2O2S/c1-11-5-3-6-13(9-11)10-17-14-7-4-8-15(12(14)2)20(16,18)19/h3-9,17H,10H2,1-2H3,(H2,16,18,19). The van der Waals surface area contributed by atoms with Crippen molar-refractivity contribution >= 4 is 15.7 Å². The number of anilines is 1. The number of primary sulfonamides is 1. The lowest BCUT2D eigenvalue weighted by Gasteiger charge is -2.12. The lowest BCUT2D eigenvalue weighted by molar-refractivity contribution is 0.597. The predicted octanol–water partition coefficient (Wildman–Crippen LogP) is 2.56. The Hall–Kier alpha value is -1.85. The number of hydrogen-bond acceptors (Lipinski definition) is 3. The van der Waals surface area contributed by atoms with Crippen molar-refractivity contribution in [3.63, 3.8) is 0 Å². The Bertz CT molecular complexity index is 724. The first-order valence-electron chi connectivity index (χ1n) is 6.30. The van der Waals surface area contributed by atoms with Crippen molar-refractivity contribution in [1.29, 1.82) is 0 Å². The molecule has 0 radical (unpaired) electrons. The van der Waals surface area contributed by atoms with Gasteiger partial charge in [-0.1, -0.05) is 35.9 Å². The molecule has 0 fully saturated rings. The van der Waals surface area contributed by atoms with Crippen LogP contribution < -0.4 is 10.5 Å². The van der Waals surface area contributed by atoms with Crippen molar-refractivity contribution in [3.05, 3.63) is 59.2 Å². The van der Waals surface area contributed by atoms with Gasteiger partial charge in [-0.3, -0.25) is 0 Å². The molecule has 0 aliphatic rings. The van der Waals surface area contributed by atoms with Gasteiger partial charge in [-0.15, -0.1) is 0 Å². The second-order valence-corrected chi connectivity index (χ2v) is 6.35. The molecule has 106 valence electrons. The van der Waals surface area contributed by atoms with Gasteiger partial charge in [0.2, 0.25) is 10.0 Å². The molecule has 0 saturated heterocycles. The normalized spacial score (nSPS) is 11.3. The quantitative estimate of drug-likeness (QED) is 0.909. The molecule has 0 aliphatic heterocycles. The van der Waals surface area contributed by atoms with Crippen LogP contribution in [0.3, 0.4) is 0 Å². The molecule has 0 spiro atoms. The highest BCUT2D eigenvalue weighted by atomic mass is 32.2. The molecule has 0 amide bonds. The molecular weight excluding hydrogens is 272 g/mol. The van der Waals surface area contributed by atoms with Gasteiger partial charge in [-0.25, -0.2) is 13.6 Å². The minimum Gasteiger partial charge on any atom is -0.381 e. The van der Waals surface area contributed by atoms with Gasteiger partial charge in [0, 0.05) is 12.2 Å². The van der Waals surface area contributed by atoms with E-state index in [4.69, 9.17) is 5.14 Å². The summed E-state index contributed by atoms with van der Waals surface area (Å²) in [5.41, 5.74) is 3.76. The molecular formula is C15H18N2O2S. The third kappa shape index (κ3) is 3.37. The molecule has 0 atom stereocenters. The van der Waals surface area contributed by atoms with E-state index in [1.54, 1.807) is 13.0 Å². The van der Waals surface area contributed by atoms with Crippen LogP contribution >= 0.6 is 0 Å². The SMILES string of the molecule is Cc1cccc(CNc2cccc(S(N)(=O)=O)c2C)c1. The topological polar surface area (TPSA) is 72.2 Å². The maximum Gasteiger partial charge on any atom is 0.238 e. The molecule has 0 aromatic heterocycles. The summed E-state index contributed by atoms with van der Waals surface area (Å²) in [6.45, 7) is 4.42. The zero-order valence-corrected chi connectivity index (χ0v) is 12.4. The van der Waals surface area contributed by atoms with Crippen LogP contribution in [0.2, 0.25) is 0 Å². The summed E-state index contributed by atoms with van der Waals surface area (Å²) in [5, 5.41) is 8.45. The third-order valence-electron chi connectivity index (χ3n) is 3.16. The van der Waals surface area contributed by atoms with Crippen molar-refractivity contribution in [2.75, 3.05) is 5.32 Å². The van der Waals surface area contributed by atoms with Crippen LogP contribution in [0.15, 0.2) is 47.4 Å². The van der Waals surface area contributed by atoms with Crippen LogP contribution in [0.1, 0.15) is 16.7 Å². The van der Waals surface area contributed by atoms with Crippen LogP contribution in [0.5, 0.6) is 0 Å². The minimum atomic E-state index is -3.69. The van der Waals surface area contributed by atoms with Crippen LogP contribution in [0.25, 0.3) is 0 Å². The number of nitrogens with one attached hydrogen (secondary N) is 1. The Labute approximate surface area is 119 Å². The van der Waals surface area contributed by atoms with E-state index in [0.717, 1.165) is 11.3 Å². The van der Waals surface area contributed by atoms with Gasteiger partial charge in [0.05, 0.1) is 4.90 Å². The smallest absolute Gasteiger partial charge is 0.238 e. The minimum absolute atomic E-state index is 0.159. The molecule has 2 rings (SSSR count). The largest absolute Gasteiger partial charge is 0.381 e. The van der Waals surface area contributed by atoms with Crippen molar-refractivity contribution in [3.8, 4) is 0 Å². The number of nitrogens with two attached hydrogens (primary N) is 1. The van der Waals surface area contributed by atoms with E-state index in [1.165, 1.54) is 11.6 Å². The van der Waals surface area contributed by atoms with Gasteiger partial charge in [-0.05, 0) is 37.1 Å². The summed E-state index contributed by atoms with van der Waals surface area (Å²) < 4.78 is 22.9. The maximum atomic E-state index is 11.5. The van der Waals surface area contributed by atoms with Crippen LogP contribution in [-0.2, 0) is 16.6 Å². The van der Waals surface area contributed by atoms with Crippen LogP contribution in [-0.4, -0.2) is 8.42 Å². The Morgan fingerprint density at radius 1 is 1.10 bits per heavy atom. The average molecular weight is 290 g/mol. The number of sulfonamides is 1. The van der Waals surface area contributed by atoms with Gasteiger partial charge >= 0.3 is 0 Å². The summed E-state index contributed by atoms with van der Waals surface area (Å²) in [5.74, 6) is 0. The molecule has 0 saturated carbocycles. The van der Waals surface area contributed by atoms with Gasteiger partial charge in [0.25, 0.3) is 0 Å². The maximum absolute atomic E-state index is 11.5. The molecule has 0 heterocycles. The van der Waals surface area contributed by atoms with Crippen molar-refractivity contribution < 1.29 is 8.42 Å². The van der Waals surface area contributed by atoms with E-state index in [2.05, 4.69) is 11.4 Å². The number of aryl methyl sites for hydroxylation is 1. The highest BCUT2D eigenvalue weighted by Gasteiger charge is 2.13. The molecule has 5 heteroatoms. The number of rotatable bonds is 4. The predicted molar refractivity (Wildman–Crippen MR) is 81.1 cm³/mol. The number of benzene rings is 2. The average Bonchev–Trinajstić information content (AvgIpc) is 2.36. The molecule has 2 aromatic carbocycles. The van der Waals surface area contributed by atoms with Gasteiger partial charge in [0.1, 0.15) is 0 Å². The lowest BCUT2D eigenvalue weighted by atomic mass is 10.1. The first-order chi connectivity index (χ1) is 9.38. The first kappa shape index (κ1) is 14.6. The second kappa shape index (κ2) is 5.64. The summed E-state index contributed by atoms with van der Waals surface area (Å²) in [4.78, 5) is 0.159. The highest BCUT2D eigenvalue weighted by Crippen LogP contribution is 2.22. The number of hydrogen-bond donors (Lipinski definition) is 2. The van der Waals surface area contributed by atoms with E-state index in [9.17, 15) is 8.42 Å². The van der Waals surface area contributed by atoms with Crippen molar-refractivity contribution in [2.45, 2.75) is 25.3 Å². The third-order valence-corrected chi connectivity index (χ3v) is 4.21. The zero-order chi connectivity index (χ0) is 14.8. The molecule has 0 unspecified atom stereocenters. The van der Waals surface area contributed by atoms with E-state index < -0.39 is 10.0 Å². The molecule has 3 N–H and O–H groups in total. The van der Waals surface area contributed by atoms with E-state index >= 15 is 0 Å². The van der Waals surface area contributed by atoms with E-state index in [0.29, 0.717) is 12.1 Å². The van der Waals surface area contributed by atoms with Crippen molar-refractivity contribution in [1.82, 2.24) is 0 Å². The summed E-state index contributed by atoms with van der Waals surface area (Å²) in [6.07, 6.45) is 0. The Morgan fingerprint density at radius 3 is 2.45 bits per heavy atom. The van der Waals surface area contributed by atoms with Crippen molar-refractivity contribution in [2.24, 2.45) is 5.14 Å². The molecule has 0 bridgehead atoms. The Balaban J connectivity index is 2.23. The Kier molecular flexibility index (Phi) is 4.11. The molecule has 4 nitrogen and oxygen atoms in total. The molecule has 0 aliphatic carbocycles. The summed E-state index contributed by atoms with van der Waals surface area (Å²) in [7, 11) is -3.69. The van der Waals surface area contributed by atoms with Gasteiger partial charge in [-0.2, -0.15) is 0 Å². The van der Waals surface area contributed by atoms with Gasteiger partial charge < -0.3 is 5.32 Å². The fraction of sp³-hybridized carbons (Fsp3) is 0.200. The zero-order valence-electron chi connectivity index (χ0n) is 11.6. The highest BCUT2D eigenvalue weighted by molar-refractivity contribution is 7.89. The lowest BCUT2D eigenvalue weighted by Crippen LogP contribution is -2.14. The van der Waals surface area contributed by atoms with Crippen LogP contribution in [0.4, 0.5) is 5.69 Å². The van der Waals surface area contributed by atoms with E-state index in [1.807, 2.05) is 31.2 Å². The second-order valence-electron chi connectivity index (χ2n) is 4.82. The fourth-order valence-corrected chi connectivity index (χ4v) is 2.94. The Morgan fingerprint density at radius 2 is 1.80 bits per heavy atom.